The lowest BCUT2D eigenvalue weighted by Crippen LogP contribution is -2.39. The molecule has 0 saturated carbocycles. The van der Waals surface area contributed by atoms with Crippen LogP contribution in [-0.2, 0) is 14.4 Å². The fraction of sp³-hybridized carbons (Fsp3) is 0.412. The maximum absolute atomic E-state index is 11.9. The van der Waals surface area contributed by atoms with E-state index in [0.717, 1.165) is 4.90 Å². The minimum Gasteiger partial charge on any atom is -0.329 e. The molecule has 0 spiro atoms. The van der Waals surface area contributed by atoms with E-state index >= 15 is 0 Å². The number of imide groups is 1. The van der Waals surface area contributed by atoms with Crippen molar-refractivity contribution in [1.82, 2.24) is 10.2 Å². The van der Waals surface area contributed by atoms with Crippen LogP contribution in [0.25, 0.3) is 0 Å². The van der Waals surface area contributed by atoms with Crippen LogP contribution in [0.1, 0.15) is 20.3 Å². The van der Waals surface area contributed by atoms with Crippen molar-refractivity contribution in [3.63, 3.8) is 0 Å². The first-order valence-electron chi connectivity index (χ1n) is 8.32. The number of hydrogen-bond donors (Lipinski definition) is 4. The van der Waals surface area contributed by atoms with Crippen molar-refractivity contribution < 1.29 is 19.2 Å². The number of anilines is 2. The molecule has 1 aliphatic rings. The molecule has 9 heteroatoms. The Balaban J connectivity index is 1.83. The van der Waals surface area contributed by atoms with Crippen LogP contribution in [0.4, 0.5) is 16.2 Å². The Morgan fingerprint density at radius 2 is 1.73 bits per heavy atom. The predicted molar refractivity (Wildman–Crippen MR) is 96.2 cm³/mol. The maximum Gasteiger partial charge on any atom is 0.324 e. The largest absolute Gasteiger partial charge is 0.329 e. The van der Waals surface area contributed by atoms with E-state index in [1.54, 1.807) is 24.3 Å². The van der Waals surface area contributed by atoms with Crippen molar-refractivity contribution in [1.29, 1.82) is 0 Å². The minimum atomic E-state index is -0.597. The molecular formula is C17H23N5O4. The highest BCUT2D eigenvalue weighted by atomic mass is 16.2. The molecule has 2 rings (SSSR count). The maximum atomic E-state index is 11.9. The van der Waals surface area contributed by atoms with Gasteiger partial charge in [-0.3, -0.25) is 19.3 Å². The van der Waals surface area contributed by atoms with Gasteiger partial charge < -0.3 is 21.7 Å². The molecule has 0 radical (unpaired) electrons. The third-order valence-corrected chi connectivity index (χ3v) is 3.96. The fourth-order valence-electron chi connectivity index (χ4n) is 2.28. The van der Waals surface area contributed by atoms with Crippen LogP contribution in [0, 0.1) is 5.92 Å². The second kappa shape index (κ2) is 8.43. The second-order valence-corrected chi connectivity index (χ2v) is 6.34. The monoisotopic (exact) mass is 361 g/mol. The zero-order valence-corrected chi connectivity index (χ0v) is 14.7. The van der Waals surface area contributed by atoms with Gasteiger partial charge >= 0.3 is 6.03 Å². The molecule has 5 amide bonds. The number of urea groups is 1. The molecule has 1 aliphatic heterocycles. The summed E-state index contributed by atoms with van der Waals surface area (Å²) in [7, 11) is 0. The fourth-order valence-corrected chi connectivity index (χ4v) is 2.28. The molecule has 5 N–H and O–H groups in total. The van der Waals surface area contributed by atoms with Gasteiger partial charge in [0.2, 0.25) is 17.7 Å². The van der Waals surface area contributed by atoms with E-state index in [0.29, 0.717) is 11.4 Å². The SMILES string of the molecule is CC(C)[C@H](N)C(=O)Nc1ccc(NC(=O)CCN2C(=O)CNC2=O)cc1. The summed E-state index contributed by atoms with van der Waals surface area (Å²) in [5.74, 6) is -0.915. The Kier molecular flexibility index (Phi) is 6.29. The zero-order chi connectivity index (χ0) is 19.3. The summed E-state index contributed by atoms with van der Waals surface area (Å²) in [6.07, 6.45) is 0.000882. The average molecular weight is 361 g/mol. The van der Waals surface area contributed by atoms with Gasteiger partial charge in [0, 0.05) is 24.3 Å². The third kappa shape index (κ3) is 5.03. The number of carbonyl (C=O) groups is 4. The quantitative estimate of drug-likeness (QED) is 0.525. The molecule has 0 bridgehead atoms. The molecule has 1 heterocycles. The lowest BCUT2D eigenvalue weighted by atomic mass is 10.0. The highest BCUT2D eigenvalue weighted by Gasteiger charge is 2.28. The summed E-state index contributed by atoms with van der Waals surface area (Å²) in [6.45, 7) is 3.72. The standard InChI is InChI=1S/C17H23N5O4/c1-10(2)15(18)16(25)21-12-5-3-11(4-6-12)20-13(23)7-8-22-14(24)9-19-17(22)26/h3-6,10,15H,7-9,18H2,1-2H3,(H,19,26)(H,20,23)(H,21,25)/t15-/m0/s1. The van der Waals surface area contributed by atoms with Crippen molar-refractivity contribution in [3.05, 3.63) is 24.3 Å². The Hall–Kier alpha value is -2.94. The molecular weight excluding hydrogens is 338 g/mol. The van der Waals surface area contributed by atoms with Crippen molar-refractivity contribution >= 4 is 35.1 Å². The van der Waals surface area contributed by atoms with Gasteiger partial charge in [0.1, 0.15) is 0 Å². The molecule has 1 saturated heterocycles. The van der Waals surface area contributed by atoms with E-state index in [-0.39, 0.29) is 43.1 Å². The normalized spacial score (nSPS) is 15.0. The molecule has 1 atom stereocenters. The summed E-state index contributed by atoms with van der Waals surface area (Å²) in [4.78, 5) is 47.7. The molecule has 0 aliphatic carbocycles. The van der Waals surface area contributed by atoms with Crippen LogP contribution in [0.5, 0.6) is 0 Å². The van der Waals surface area contributed by atoms with Crippen LogP contribution >= 0.6 is 0 Å². The van der Waals surface area contributed by atoms with E-state index in [9.17, 15) is 19.2 Å². The number of nitrogens with zero attached hydrogens (tertiary/aromatic N) is 1. The smallest absolute Gasteiger partial charge is 0.324 e. The molecule has 1 aromatic rings. The van der Waals surface area contributed by atoms with E-state index in [1.165, 1.54) is 0 Å². The number of benzene rings is 1. The molecule has 1 fully saturated rings. The van der Waals surface area contributed by atoms with Gasteiger partial charge in [-0.25, -0.2) is 4.79 Å². The molecule has 140 valence electrons. The van der Waals surface area contributed by atoms with Crippen LogP contribution in [-0.4, -0.2) is 47.8 Å². The Labute approximate surface area is 151 Å². The topological polar surface area (TPSA) is 134 Å². The first-order chi connectivity index (χ1) is 12.3. The predicted octanol–water partition coefficient (Wildman–Crippen LogP) is 0.489. The summed E-state index contributed by atoms with van der Waals surface area (Å²) < 4.78 is 0. The second-order valence-electron chi connectivity index (χ2n) is 6.34. The van der Waals surface area contributed by atoms with E-state index in [2.05, 4.69) is 16.0 Å². The Morgan fingerprint density at radius 3 is 2.23 bits per heavy atom. The molecule has 0 aromatic heterocycles. The van der Waals surface area contributed by atoms with Gasteiger partial charge in [-0.1, -0.05) is 13.8 Å². The van der Waals surface area contributed by atoms with Gasteiger partial charge in [-0.15, -0.1) is 0 Å². The number of amides is 5. The molecule has 0 unspecified atom stereocenters. The third-order valence-electron chi connectivity index (χ3n) is 3.96. The number of carbonyl (C=O) groups excluding carboxylic acids is 4. The van der Waals surface area contributed by atoms with E-state index < -0.39 is 12.1 Å². The van der Waals surface area contributed by atoms with Crippen molar-refractivity contribution in [2.75, 3.05) is 23.7 Å². The van der Waals surface area contributed by atoms with Crippen LogP contribution < -0.4 is 21.7 Å². The van der Waals surface area contributed by atoms with Crippen molar-refractivity contribution in [2.45, 2.75) is 26.3 Å². The number of rotatable bonds is 7. The van der Waals surface area contributed by atoms with Crippen LogP contribution in [0.15, 0.2) is 24.3 Å². The molecule has 1 aromatic carbocycles. The highest BCUT2D eigenvalue weighted by molar-refractivity contribution is 6.02. The molecule has 9 nitrogen and oxygen atoms in total. The van der Waals surface area contributed by atoms with Gasteiger partial charge in [0.05, 0.1) is 12.6 Å². The van der Waals surface area contributed by atoms with Crippen LogP contribution in [0.2, 0.25) is 0 Å². The van der Waals surface area contributed by atoms with Crippen molar-refractivity contribution in [2.24, 2.45) is 11.7 Å². The summed E-state index contributed by atoms with van der Waals surface area (Å²) >= 11 is 0. The van der Waals surface area contributed by atoms with Gasteiger partial charge in [0.25, 0.3) is 0 Å². The Bertz CT molecular complexity index is 686. The summed E-state index contributed by atoms with van der Waals surface area (Å²) in [5, 5.41) is 7.77. The number of nitrogens with one attached hydrogen (secondary N) is 3. The lowest BCUT2D eigenvalue weighted by molar-refractivity contribution is -0.125. The van der Waals surface area contributed by atoms with Gasteiger partial charge in [0.15, 0.2) is 0 Å². The van der Waals surface area contributed by atoms with Crippen LogP contribution in [0.3, 0.4) is 0 Å². The first kappa shape index (κ1) is 19.4. The lowest BCUT2D eigenvalue weighted by Gasteiger charge is -2.15. The zero-order valence-electron chi connectivity index (χ0n) is 14.7. The molecule has 26 heavy (non-hydrogen) atoms. The number of nitrogens with two attached hydrogens (primary N) is 1. The average Bonchev–Trinajstić information content (AvgIpc) is 2.92. The highest BCUT2D eigenvalue weighted by Crippen LogP contribution is 2.15. The van der Waals surface area contributed by atoms with Gasteiger partial charge in [-0.2, -0.15) is 0 Å². The van der Waals surface area contributed by atoms with E-state index in [1.807, 2.05) is 13.8 Å². The van der Waals surface area contributed by atoms with Gasteiger partial charge in [-0.05, 0) is 30.2 Å². The van der Waals surface area contributed by atoms with E-state index in [4.69, 9.17) is 5.73 Å². The minimum absolute atomic E-state index is 0.000882. The summed E-state index contributed by atoms with van der Waals surface area (Å²) in [5.41, 5.74) is 6.90. The summed E-state index contributed by atoms with van der Waals surface area (Å²) in [6, 6.07) is 5.50. The first-order valence-corrected chi connectivity index (χ1v) is 8.32. The Morgan fingerprint density at radius 1 is 1.15 bits per heavy atom. The van der Waals surface area contributed by atoms with Crippen molar-refractivity contribution in [3.8, 4) is 0 Å². The number of hydrogen-bond acceptors (Lipinski definition) is 5.